The highest BCUT2D eigenvalue weighted by Crippen LogP contribution is 2.35. The van der Waals surface area contributed by atoms with Crippen molar-refractivity contribution in [3.8, 4) is 0 Å². The molecule has 0 aromatic carbocycles. The zero-order valence-electron chi connectivity index (χ0n) is 8.38. The van der Waals surface area contributed by atoms with Crippen LogP contribution in [0.15, 0.2) is 6.07 Å². The van der Waals surface area contributed by atoms with E-state index in [0.29, 0.717) is 0 Å². The fraction of sp³-hybridized carbons (Fsp3) is 0.700. The first kappa shape index (κ1) is 8.75. The van der Waals surface area contributed by atoms with Gasteiger partial charge in [0, 0.05) is 24.7 Å². The molecule has 0 atom stereocenters. The van der Waals surface area contributed by atoms with Crippen LogP contribution in [0.2, 0.25) is 0 Å². The Morgan fingerprint density at radius 3 is 2.77 bits per heavy atom. The lowest BCUT2D eigenvalue weighted by molar-refractivity contribution is 0.611. The fourth-order valence-corrected chi connectivity index (χ4v) is 1.61. The van der Waals surface area contributed by atoms with Crippen LogP contribution in [0.1, 0.15) is 31.2 Å². The van der Waals surface area contributed by atoms with Crippen molar-refractivity contribution in [1.29, 1.82) is 0 Å². The van der Waals surface area contributed by atoms with Gasteiger partial charge in [-0.15, -0.1) is 0 Å². The standard InChI is InChI=1S/C10H17N3/c1-3-8-6-9(13(2)12-8)7-10(11)4-5-10/h6H,3-5,7,11H2,1-2H3. The van der Waals surface area contributed by atoms with E-state index < -0.39 is 0 Å². The van der Waals surface area contributed by atoms with Crippen LogP contribution in [0.4, 0.5) is 0 Å². The van der Waals surface area contributed by atoms with Gasteiger partial charge in [0.15, 0.2) is 0 Å². The first-order chi connectivity index (χ1) is 6.13. The number of aromatic nitrogens is 2. The third-order valence-electron chi connectivity index (χ3n) is 2.81. The number of rotatable bonds is 3. The van der Waals surface area contributed by atoms with Crippen molar-refractivity contribution in [2.45, 2.75) is 38.1 Å². The fourth-order valence-electron chi connectivity index (χ4n) is 1.61. The maximum atomic E-state index is 6.06. The second kappa shape index (κ2) is 2.84. The van der Waals surface area contributed by atoms with Gasteiger partial charge >= 0.3 is 0 Å². The molecule has 1 fully saturated rings. The summed E-state index contributed by atoms with van der Waals surface area (Å²) < 4.78 is 1.96. The molecule has 1 aromatic rings. The van der Waals surface area contributed by atoms with E-state index >= 15 is 0 Å². The minimum Gasteiger partial charge on any atom is -0.325 e. The molecule has 2 N–H and O–H groups in total. The van der Waals surface area contributed by atoms with E-state index in [4.69, 9.17) is 5.73 Å². The van der Waals surface area contributed by atoms with Gasteiger partial charge in [-0.05, 0) is 25.3 Å². The average Bonchev–Trinajstić information content (AvgIpc) is 2.70. The van der Waals surface area contributed by atoms with Crippen LogP contribution in [0.25, 0.3) is 0 Å². The van der Waals surface area contributed by atoms with Crippen LogP contribution < -0.4 is 5.73 Å². The number of nitrogens with zero attached hydrogens (tertiary/aromatic N) is 2. The number of hydrogen-bond acceptors (Lipinski definition) is 2. The Labute approximate surface area is 78.9 Å². The van der Waals surface area contributed by atoms with Gasteiger partial charge in [-0.2, -0.15) is 5.10 Å². The van der Waals surface area contributed by atoms with Crippen LogP contribution >= 0.6 is 0 Å². The van der Waals surface area contributed by atoms with Crippen molar-refractivity contribution in [3.63, 3.8) is 0 Å². The molecule has 0 saturated heterocycles. The van der Waals surface area contributed by atoms with Gasteiger partial charge in [0.25, 0.3) is 0 Å². The second-order valence-electron chi connectivity index (χ2n) is 4.14. The molecule has 72 valence electrons. The third-order valence-corrected chi connectivity index (χ3v) is 2.81. The lowest BCUT2D eigenvalue weighted by Gasteiger charge is -2.07. The molecule has 3 nitrogen and oxygen atoms in total. The Morgan fingerprint density at radius 2 is 2.31 bits per heavy atom. The smallest absolute Gasteiger partial charge is 0.0624 e. The van der Waals surface area contributed by atoms with E-state index in [0.717, 1.165) is 12.8 Å². The Kier molecular flexibility index (Phi) is 1.91. The summed E-state index contributed by atoms with van der Waals surface area (Å²) in [5.74, 6) is 0. The molecule has 0 aliphatic heterocycles. The van der Waals surface area contributed by atoms with Crippen LogP contribution in [0.3, 0.4) is 0 Å². The lowest BCUT2D eigenvalue weighted by Crippen LogP contribution is -2.25. The van der Waals surface area contributed by atoms with Gasteiger partial charge in [0.05, 0.1) is 5.69 Å². The van der Waals surface area contributed by atoms with E-state index in [9.17, 15) is 0 Å². The second-order valence-corrected chi connectivity index (χ2v) is 4.14. The summed E-state index contributed by atoms with van der Waals surface area (Å²) in [5, 5.41) is 4.40. The molecule has 1 aliphatic carbocycles. The van der Waals surface area contributed by atoms with E-state index in [1.807, 2.05) is 11.7 Å². The largest absolute Gasteiger partial charge is 0.325 e. The molecule has 1 aromatic heterocycles. The molecule has 1 aliphatic rings. The summed E-state index contributed by atoms with van der Waals surface area (Å²) in [6.45, 7) is 2.13. The van der Waals surface area contributed by atoms with Gasteiger partial charge < -0.3 is 5.73 Å². The highest BCUT2D eigenvalue weighted by molar-refractivity contribution is 5.16. The summed E-state index contributed by atoms with van der Waals surface area (Å²) in [4.78, 5) is 0. The molecule has 0 unspecified atom stereocenters. The highest BCUT2D eigenvalue weighted by Gasteiger charge is 2.38. The Morgan fingerprint density at radius 1 is 1.62 bits per heavy atom. The molecule has 1 saturated carbocycles. The summed E-state index contributed by atoms with van der Waals surface area (Å²) in [6, 6.07) is 2.17. The zero-order chi connectivity index (χ0) is 9.47. The average molecular weight is 179 g/mol. The predicted octanol–water partition coefficient (Wildman–Crippen LogP) is 1.02. The van der Waals surface area contributed by atoms with Gasteiger partial charge in [0.2, 0.25) is 0 Å². The minimum absolute atomic E-state index is 0.0960. The van der Waals surface area contributed by atoms with Crippen molar-refractivity contribution in [2.75, 3.05) is 0 Å². The molecule has 0 spiro atoms. The Balaban J connectivity index is 2.14. The van der Waals surface area contributed by atoms with E-state index in [2.05, 4.69) is 18.1 Å². The van der Waals surface area contributed by atoms with E-state index in [1.165, 1.54) is 24.2 Å². The maximum Gasteiger partial charge on any atom is 0.0624 e. The van der Waals surface area contributed by atoms with Crippen LogP contribution in [-0.4, -0.2) is 15.3 Å². The monoisotopic (exact) mass is 179 g/mol. The Bertz CT molecular complexity index is 310. The van der Waals surface area contributed by atoms with Crippen LogP contribution in [0.5, 0.6) is 0 Å². The minimum atomic E-state index is 0.0960. The molecule has 0 radical (unpaired) electrons. The topological polar surface area (TPSA) is 43.8 Å². The molecule has 1 heterocycles. The lowest BCUT2D eigenvalue weighted by atomic mass is 10.1. The van der Waals surface area contributed by atoms with E-state index in [-0.39, 0.29) is 5.54 Å². The first-order valence-corrected chi connectivity index (χ1v) is 4.94. The zero-order valence-corrected chi connectivity index (χ0v) is 8.38. The van der Waals surface area contributed by atoms with Gasteiger partial charge in [0.1, 0.15) is 0 Å². The molecule has 2 rings (SSSR count). The van der Waals surface area contributed by atoms with Crippen molar-refractivity contribution in [3.05, 3.63) is 17.5 Å². The van der Waals surface area contributed by atoms with Gasteiger partial charge in [-0.25, -0.2) is 0 Å². The summed E-state index contributed by atoms with van der Waals surface area (Å²) in [6.07, 6.45) is 4.32. The quantitative estimate of drug-likeness (QED) is 0.752. The summed E-state index contributed by atoms with van der Waals surface area (Å²) >= 11 is 0. The Hall–Kier alpha value is -0.830. The van der Waals surface area contributed by atoms with Gasteiger partial charge in [-0.3, -0.25) is 4.68 Å². The van der Waals surface area contributed by atoms with Crippen LogP contribution in [0, 0.1) is 0 Å². The molecular formula is C10H17N3. The normalized spacial score (nSPS) is 19.0. The number of hydrogen-bond donors (Lipinski definition) is 1. The first-order valence-electron chi connectivity index (χ1n) is 4.94. The van der Waals surface area contributed by atoms with Gasteiger partial charge in [-0.1, -0.05) is 6.92 Å². The SMILES string of the molecule is CCc1cc(CC2(N)CC2)n(C)n1. The van der Waals surface area contributed by atoms with Crippen LogP contribution in [-0.2, 0) is 19.9 Å². The molecule has 0 amide bonds. The number of nitrogens with two attached hydrogens (primary N) is 1. The van der Waals surface area contributed by atoms with Crippen molar-refractivity contribution >= 4 is 0 Å². The van der Waals surface area contributed by atoms with Crippen molar-refractivity contribution in [2.24, 2.45) is 12.8 Å². The maximum absolute atomic E-state index is 6.06. The number of aryl methyl sites for hydroxylation is 2. The highest BCUT2D eigenvalue weighted by atomic mass is 15.3. The molecule has 0 bridgehead atoms. The molecular weight excluding hydrogens is 162 g/mol. The van der Waals surface area contributed by atoms with Crippen molar-refractivity contribution in [1.82, 2.24) is 9.78 Å². The molecule has 3 heteroatoms. The molecule has 13 heavy (non-hydrogen) atoms. The summed E-state index contributed by atoms with van der Waals surface area (Å²) in [7, 11) is 2.00. The predicted molar refractivity (Wildman–Crippen MR) is 52.4 cm³/mol. The van der Waals surface area contributed by atoms with Crippen molar-refractivity contribution < 1.29 is 0 Å². The third kappa shape index (κ3) is 1.75. The summed E-state index contributed by atoms with van der Waals surface area (Å²) in [5.41, 5.74) is 8.60. The van der Waals surface area contributed by atoms with E-state index in [1.54, 1.807) is 0 Å².